The Morgan fingerprint density at radius 1 is 1.22 bits per heavy atom. The van der Waals surface area contributed by atoms with E-state index in [1.165, 1.54) is 16.7 Å². The van der Waals surface area contributed by atoms with Gasteiger partial charge in [-0.25, -0.2) is 0 Å². The highest BCUT2D eigenvalue weighted by Crippen LogP contribution is 2.54. The van der Waals surface area contributed by atoms with Gasteiger partial charge in [-0.2, -0.15) is 0 Å². The molecule has 4 rings (SSSR count). The average Bonchev–Trinajstić information content (AvgIpc) is 2.92. The zero-order valence-corrected chi connectivity index (χ0v) is 13.6. The Bertz CT molecular complexity index is 671. The second-order valence-corrected chi connectivity index (χ2v) is 6.69. The van der Waals surface area contributed by atoms with E-state index in [1.807, 2.05) is 18.2 Å². The first-order chi connectivity index (χ1) is 11.1. The van der Waals surface area contributed by atoms with Gasteiger partial charge in [-0.05, 0) is 41.7 Å². The Morgan fingerprint density at radius 3 is 2.74 bits per heavy atom. The second kappa shape index (κ2) is 5.23. The summed E-state index contributed by atoms with van der Waals surface area (Å²) in [4.78, 5) is 2.50. The predicted molar refractivity (Wildman–Crippen MR) is 85.7 cm³/mol. The SMILES string of the molecule is COc1cc2c(cc1O)CCN1CCC3=C[C@H](O)[C@H](OC)C[C@]321. The molecule has 1 fully saturated rings. The van der Waals surface area contributed by atoms with Crippen LogP contribution in [0.1, 0.15) is 24.0 Å². The number of methoxy groups -OCH3 is 2. The Kier molecular flexibility index (Phi) is 3.41. The fraction of sp³-hybridized carbons (Fsp3) is 0.556. The van der Waals surface area contributed by atoms with Crippen molar-refractivity contribution >= 4 is 0 Å². The molecule has 0 saturated carbocycles. The monoisotopic (exact) mass is 317 g/mol. The Labute approximate surface area is 136 Å². The summed E-state index contributed by atoms with van der Waals surface area (Å²) < 4.78 is 10.9. The van der Waals surface area contributed by atoms with Crippen LogP contribution >= 0.6 is 0 Å². The van der Waals surface area contributed by atoms with Crippen molar-refractivity contribution in [2.45, 2.75) is 37.0 Å². The summed E-state index contributed by atoms with van der Waals surface area (Å²) in [5, 5.41) is 20.4. The lowest BCUT2D eigenvalue weighted by molar-refractivity contribution is -0.0345. The third-order valence-corrected chi connectivity index (χ3v) is 5.78. The lowest BCUT2D eigenvalue weighted by atomic mass is 9.70. The first kappa shape index (κ1) is 15.0. The molecule has 0 aromatic heterocycles. The van der Waals surface area contributed by atoms with Crippen LogP contribution in [0.4, 0.5) is 0 Å². The summed E-state index contributed by atoms with van der Waals surface area (Å²) in [6.45, 7) is 1.96. The minimum absolute atomic E-state index is 0.193. The molecule has 1 aliphatic carbocycles. The molecular formula is C18H23NO4. The topological polar surface area (TPSA) is 62.2 Å². The van der Waals surface area contributed by atoms with Crippen LogP contribution in [0.25, 0.3) is 0 Å². The second-order valence-electron chi connectivity index (χ2n) is 6.69. The highest BCUT2D eigenvalue weighted by atomic mass is 16.5. The van der Waals surface area contributed by atoms with Crippen molar-refractivity contribution in [3.8, 4) is 11.5 Å². The van der Waals surface area contributed by atoms with E-state index >= 15 is 0 Å². The number of nitrogens with zero attached hydrogens (tertiary/aromatic N) is 1. The van der Waals surface area contributed by atoms with Crippen LogP contribution in [0.15, 0.2) is 23.8 Å². The van der Waals surface area contributed by atoms with Gasteiger partial charge in [0.1, 0.15) is 0 Å². The molecule has 0 radical (unpaired) electrons. The molecule has 5 nitrogen and oxygen atoms in total. The Balaban J connectivity index is 1.92. The number of aromatic hydroxyl groups is 1. The number of fused-ring (bicyclic) bond motifs is 1. The van der Waals surface area contributed by atoms with Gasteiger partial charge in [0, 0.05) is 26.6 Å². The van der Waals surface area contributed by atoms with Crippen molar-refractivity contribution in [2.75, 3.05) is 27.3 Å². The van der Waals surface area contributed by atoms with Gasteiger partial charge in [0.25, 0.3) is 0 Å². The molecule has 0 bridgehead atoms. The standard InChI is InChI=1S/C18H23NO4/c1-22-16-9-13-11(7-14(16)20)3-5-19-6-4-12-8-15(21)17(23-2)10-18(12,13)19/h7-9,15,17,20-21H,3-6,10H2,1-2H3/t15-,17+,18-/m0/s1. The summed E-state index contributed by atoms with van der Waals surface area (Å²) in [7, 11) is 3.23. The normalized spacial score (nSPS) is 32.7. The molecule has 3 atom stereocenters. The first-order valence-electron chi connectivity index (χ1n) is 8.17. The molecule has 2 N–H and O–H groups in total. The number of phenols is 1. The van der Waals surface area contributed by atoms with Gasteiger partial charge >= 0.3 is 0 Å². The van der Waals surface area contributed by atoms with Gasteiger partial charge in [-0.15, -0.1) is 0 Å². The first-order valence-corrected chi connectivity index (χ1v) is 8.17. The van der Waals surface area contributed by atoms with E-state index in [-0.39, 0.29) is 17.4 Å². The fourth-order valence-electron chi connectivity index (χ4n) is 4.66. The predicted octanol–water partition coefficient (Wildman–Crippen LogP) is 1.56. The molecule has 0 amide bonds. The number of hydrogen-bond donors (Lipinski definition) is 2. The van der Waals surface area contributed by atoms with Crippen LogP contribution in [0.3, 0.4) is 0 Å². The van der Waals surface area contributed by atoms with Crippen molar-refractivity contribution in [3.63, 3.8) is 0 Å². The molecule has 3 aliphatic rings. The molecule has 1 saturated heterocycles. The van der Waals surface area contributed by atoms with E-state index in [2.05, 4.69) is 4.90 Å². The third kappa shape index (κ3) is 1.97. The molecule has 23 heavy (non-hydrogen) atoms. The number of phenolic OH excluding ortho intramolecular Hbond substituents is 1. The fourth-order valence-corrected chi connectivity index (χ4v) is 4.66. The number of aliphatic hydroxyl groups excluding tert-OH is 1. The van der Waals surface area contributed by atoms with Gasteiger partial charge in [0.15, 0.2) is 11.5 Å². The Morgan fingerprint density at radius 2 is 2.00 bits per heavy atom. The maximum absolute atomic E-state index is 10.3. The number of benzene rings is 1. The molecule has 2 aliphatic heterocycles. The Hall–Kier alpha value is -1.56. The molecular weight excluding hydrogens is 294 g/mol. The summed E-state index contributed by atoms with van der Waals surface area (Å²) in [5.74, 6) is 0.699. The molecule has 1 aromatic carbocycles. The molecule has 1 aromatic rings. The quantitative estimate of drug-likeness (QED) is 0.811. The van der Waals surface area contributed by atoms with Crippen molar-refractivity contribution in [3.05, 3.63) is 34.9 Å². The maximum atomic E-state index is 10.3. The number of aliphatic hydroxyl groups is 1. The highest BCUT2D eigenvalue weighted by Gasteiger charge is 2.53. The average molecular weight is 317 g/mol. The molecule has 5 heteroatoms. The van der Waals surface area contributed by atoms with Crippen LogP contribution in [-0.4, -0.2) is 54.6 Å². The van der Waals surface area contributed by atoms with E-state index in [0.29, 0.717) is 5.75 Å². The number of rotatable bonds is 2. The molecule has 1 spiro atoms. The lowest BCUT2D eigenvalue weighted by Gasteiger charge is -2.49. The van der Waals surface area contributed by atoms with Crippen molar-refractivity contribution in [2.24, 2.45) is 0 Å². The van der Waals surface area contributed by atoms with Crippen molar-refractivity contribution < 1.29 is 19.7 Å². The van der Waals surface area contributed by atoms with Crippen LogP contribution in [0.2, 0.25) is 0 Å². The van der Waals surface area contributed by atoms with E-state index < -0.39 is 6.10 Å². The molecule has 0 unspecified atom stereocenters. The van der Waals surface area contributed by atoms with Crippen molar-refractivity contribution in [1.29, 1.82) is 0 Å². The minimum atomic E-state index is -0.551. The zero-order chi connectivity index (χ0) is 16.2. The highest BCUT2D eigenvalue weighted by molar-refractivity contribution is 5.55. The van der Waals surface area contributed by atoms with E-state index in [4.69, 9.17) is 9.47 Å². The van der Waals surface area contributed by atoms with Gasteiger partial charge in [0.05, 0.1) is 24.9 Å². The summed E-state index contributed by atoms with van der Waals surface area (Å²) in [6.07, 6.45) is 3.83. The largest absolute Gasteiger partial charge is 0.504 e. The summed E-state index contributed by atoms with van der Waals surface area (Å²) in [5.41, 5.74) is 3.40. The van der Waals surface area contributed by atoms with Gasteiger partial charge < -0.3 is 19.7 Å². The minimum Gasteiger partial charge on any atom is -0.504 e. The van der Waals surface area contributed by atoms with Gasteiger partial charge in [0.2, 0.25) is 0 Å². The third-order valence-electron chi connectivity index (χ3n) is 5.78. The van der Waals surface area contributed by atoms with E-state index in [1.54, 1.807) is 14.2 Å². The molecule has 124 valence electrons. The number of hydrogen-bond acceptors (Lipinski definition) is 5. The van der Waals surface area contributed by atoms with Crippen LogP contribution in [0, 0.1) is 0 Å². The maximum Gasteiger partial charge on any atom is 0.160 e. The number of ether oxygens (including phenoxy) is 2. The lowest BCUT2D eigenvalue weighted by Crippen LogP contribution is -2.52. The van der Waals surface area contributed by atoms with E-state index in [0.717, 1.165) is 32.4 Å². The molecule has 2 heterocycles. The van der Waals surface area contributed by atoms with Crippen molar-refractivity contribution in [1.82, 2.24) is 4.90 Å². The van der Waals surface area contributed by atoms with Crippen LogP contribution in [0.5, 0.6) is 11.5 Å². The van der Waals surface area contributed by atoms with Gasteiger partial charge in [-0.1, -0.05) is 6.08 Å². The summed E-state index contributed by atoms with van der Waals surface area (Å²) in [6, 6.07) is 3.81. The zero-order valence-electron chi connectivity index (χ0n) is 13.6. The van der Waals surface area contributed by atoms with Crippen LogP contribution in [-0.2, 0) is 16.7 Å². The van der Waals surface area contributed by atoms with Crippen LogP contribution < -0.4 is 4.74 Å². The van der Waals surface area contributed by atoms with Gasteiger partial charge in [-0.3, -0.25) is 4.90 Å². The van der Waals surface area contributed by atoms with E-state index in [9.17, 15) is 10.2 Å². The summed E-state index contributed by atoms with van der Waals surface area (Å²) >= 11 is 0. The smallest absolute Gasteiger partial charge is 0.160 e.